The Morgan fingerprint density at radius 2 is 1.97 bits per heavy atom. The third-order valence-corrected chi connectivity index (χ3v) is 7.94. The van der Waals surface area contributed by atoms with Gasteiger partial charge in [0.1, 0.15) is 10.6 Å². The SMILES string of the molecule is CCc1cc(CNc2cc(Cl)nn3c(-c4ccc(OC)c(S(=O)(=O)NC(CC)CO)c4)c(C)nc23)ccn1. The fourth-order valence-electron chi connectivity index (χ4n) is 4.15. The van der Waals surface area contributed by atoms with Crippen LogP contribution in [0.25, 0.3) is 16.9 Å². The van der Waals surface area contributed by atoms with Crippen molar-refractivity contribution in [1.82, 2.24) is 24.3 Å². The van der Waals surface area contributed by atoms with Gasteiger partial charge in [-0.1, -0.05) is 25.4 Å². The average Bonchev–Trinajstić information content (AvgIpc) is 3.25. The molecule has 10 nitrogen and oxygen atoms in total. The smallest absolute Gasteiger partial charge is 0.244 e. The number of aromatic nitrogens is 4. The summed E-state index contributed by atoms with van der Waals surface area (Å²) in [5, 5.41) is 17.6. The number of pyridine rings is 1. The third kappa shape index (κ3) is 5.75. The van der Waals surface area contributed by atoms with E-state index in [1.165, 1.54) is 13.2 Å². The molecule has 0 radical (unpaired) electrons. The zero-order valence-corrected chi connectivity index (χ0v) is 23.3. The van der Waals surface area contributed by atoms with Gasteiger partial charge in [-0.2, -0.15) is 5.10 Å². The van der Waals surface area contributed by atoms with Gasteiger partial charge in [0.15, 0.2) is 10.8 Å². The number of rotatable bonds is 11. The summed E-state index contributed by atoms with van der Waals surface area (Å²) < 4.78 is 35.9. The maximum Gasteiger partial charge on any atom is 0.244 e. The first kappa shape index (κ1) is 27.8. The summed E-state index contributed by atoms with van der Waals surface area (Å²) in [6.45, 7) is 5.89. The number of nitrogens with one attached hydrogen (secondary N) is 2. The number of halogens is 1. The Hall–Kier alpha value is -3.25. The minimum Gasteiger partial charge on any atom is -0.495 e. The fraction of sp³-hybridized carbons (Fsp3) is 0.346. The predicted octanol–water partition coefficient (Wildman–Crippen LogP) is 3.99. The van der Waals surface area contributed by atoms with Gasteiger partial charge < -0.3 is 15.2 Å². The molecule has 1 unspecified atom stereocenters. The number of anilines is 1. The Balaban J connectivity index is 1.77. The summed E-state index contributed by atoms with van der Waals surface area (Å²) >= 11 is 6.40. The van der Waals surface area contributed by atoms with Crippen molar-refractivity contribution in [2.24, 2.45) is 0 Å². The van der Waals surface area contributed by atoms with Crippen LogP contribution in [0.4, 0.5) is 5.69 Å². The maximum absolute atomic E-state index is 13.2. The molecular formula is C26H31ClN6O4S. The van der Waals surface area contributed by atoms with E-state index in [1.54, 1.807) is 35.8 Å². The first-order chi connectivity index (χ1) is 18.2. The van der Waals surface area contributed by atoms with Crippen molar-refractivity contribution in [1.29, 1.82) is 0 Å². The Kier molecular flexibility index (Phi) is 8.51. The standard InChI is InChI=1S/C26H31ClN6O4S/c1-5-19-11-17(9-10-28-19)14-29-21-13-24(27)31-33-25(16(3)30-26(21)33)18-7-8-22(37-4)23(12-18)38(35,36)32-20(6-2)15-34/h7-13,20,29,32,34H,5-6,14-15H2,1-4H3. The van der Waals surface area contributed by atoms with E-state index >= 15 is 0 Å². The molecule has 0 fully saturated rings. The van der Waals surface area contributed by atoms with Crippen LogP contribution < -0.4 is 14.8 Å². The number of aryl methyl sites for hydroxylation is 2. The number of aliphatic hydroxyl groups is 1. The normalized spacial score (nSPS) is 12.6. The lowest BCUT2D eigenvalue weighted by Crippen LogP contribution is -2.37. The summed E-state index contributed by atoms with van der Waals surface area (Å²) in [7, 11) is -2.59. The molecule has 0 amide bonds. The molecule has 38 heavy (non-hydrogen) atoms. The molecule has 4 aromatic rings. The van der Waals surface area contributed by atoms with Crippen LogP contribution in [0.2, 0.25) is 5.15 Å². The number of imidazole rings is 1. The molecule has 0 saturated heterocycles. The first-order valence-electron chi connectivity index (χ1n) is 12.3. The van der Waals surface area contributed by atoms with Gasteiger partial charge in [-0.25, -0.2) is 22.6 Å². The molecule has 0 spiro atoms. The number of nitrogens with zero attached hydrogens (tertiary/aromatic N) is 4. The van der Waals surface area contributed by atoms with E-state index in [4.69, 9.17) is 21.3 Å². The Morgan fingerprint density at radius 1 is 1.18 bits per heavy atom. The van der Waals surface area contributed by atoms with Crippen LogP contribution in [0.5, 0.6) is 5.75 Å². The van der Waals surface area contributed by atoms with Crippen molar-refractivity contribution in [2.75, 3.05) is 19.0 Å². The highest BCUT2D eigenvalue weighted by molar-refractivity contribution is 7.89. The van der Waals surface area contributed by atoms with Crippen LogP contribution in [-0.4, -0.2) is 52.9 Å². The molecule has 0 saturated carbocycles. The van der Waals surface area contributed by atoms with Gasteiger partial charge >= 0.3 is 0 Å². The number of methoxy groups -OCH3 is 1. The van der Waals surface area contributed by atoms with Gasteiger partial charge in [-0.15, -0.1) is 0 Å². The highest BCUT2D eigenvalue weighted by Crippen LogP contribution is 2.34. The van der Waals surface area contributed by atoms with Crippen molar-refractivity contribution in [2.45, 2.75) is 51.1 Å². The average molecular weight is 559 g/mol. The van der Waals surface area contributed by atoms with E-state index < -0.39 is 16.1 Å². The van der Waals surface area contributed by atoms with Crippen LogP contribution >= 0.6 is 11.6 Å². The fourth-order valence-corrected chi connectivity index (χ4v) is 5.84. The lowest BCUT2D eigenvalue weighted by Gasteiger charge is -2.17. The molecule has 1 atom stereocenters. The summed E-state index contributed by atoms with van der Waals surface area (Å²) in [6, 6.07) is 9.93. The molecule has 12 heteroatoms. The second-order valence-corrected chi connectivity index (χ2v) is 10.9. The zero-order valence-electron chi connectivity index (χ0n) is 21.7. The lowest BCUT2D eigenvalue weighted by molar-refractivity contribution is 0.253. The van der Waals surface area contributed by atoms with E-state index in [0.717, 1.165) is 17.7 Å². The minimum absolute atomic E-state index is 0.0523. The van der Waals surface area contributed by atoms with E-state index in [1.807, 2.05) is 19.1 Å². The minimum atomic E-state index is -4.00. The molecule has 0 bridgehead atoms. The number of aliphatic hydroxyl groups excluding tert-OH is 1. The van der Waals surface area contributed by atoms with Crippen molar-refractivity contribution in [3.63, 3.8) is 0 Å². The molecule has 0 aliphatic rings. The molecule has 0 aliphatic carbocycles. The largest absolute Gasteiger partial charge is 0.495 e. The monoisotopic (exact) mass is 558 g/mol. The summed E-state index contributed by atoms with van der Waals surface area (Å²) in [4.78, 5) is 9.01. The Bertz CT molecular complexity index is 1550. The summed E-state index contributed by atoms with van der Waals surface area (Å²) in [6.07, 6.45) is 3.06. The van der Waals surface area contributed by atoms with E-state index in [9.17, 15) is 13.5 Å². The second kappa shape index (κ2) is 11.6. The van der Waals surface area contributed by atoms with Gasteiger partial charge in [0, 0.05) is 36.1 Å². The van der Waals surface area contributed by atoms with Gasteiger partial charge in [0.25, 0.3) is 0 Å². The zero-order chi connectivity index (χ0) is 27.4. The Morgan fingerprint density at radius 3 is 2.66 bits per heavy atom. The topological polar surface area (TPSA) is 131 Å². The van der Waals surface area contributed by atoms with E-state index in [2.05, 4.69) is 27.0 Å². The number of ether oxygens (including phenoxy) is 1. The number of hydrogen-bond acceptors (Lipinski definition) is 8. The highest BCUT2D eigenvalue weighted by atomic mass is 35.5. The van der Waals surface area contributed by atoms with E-state index in [0.29, 0.717) is 41.3 Å². The van der Waals surface area contributed by atoms with Gasteiger partial charge in [-0.05, 0) is 55.7 Å². The van der Waals surface area contributed by atoms with Gasteiger partial charge in [0.2, 0.25) is 10.0 Å². The molecule has 0 aliphatic heterocycles. The molecular weight excluding hydrogens is 528 g/mol. The van der Waals surface area contributed by atoms with Gasteiger partial charge in [0.05, 0.1) is 30.8 Å². The van der Waals surface area contributed by atoms with Crippen molar-refractivity contribution in [3.8, 4) is 17.0 Å². The summed E-state index contributed by atoms with van der Waals surface area (Å²) in [5.74, 6) is 0.178. The highest BCUT2D eigenvalue weighted by Gasteiger charge is 2.25. The first-order valence-corrected chi connectivity index (χ1v) is 14.1. The number of sulfonamides is 1. The quantitative estimate of drug-likeness (QED) is 0.252. The number of benzene rings is 1. The molecule has 3 heterocycles. The molecule has 4 rings (SSSR count). The molecule has 1 aromatic carbocycles. The summed E-state index contributed by atoms with van der Waals surface area (Å²) in [5.41, 5.74) is 5.11. The predicted molar refractivity (Wildman–Crippen MR) is 147 cm³/mol. The molecule has 3 N–H and O–H groups in total. The lowest BCUT2D eigenvalue weighted by atomic mass is 10.1. The van der Waals surface area contributed by atoms with Crippen LogP contribution in [0.1, 0.15) is 37.2 Å². The van der Waals surface area contributed by atoms with Crippen molar-refractivity contribution in [3.05, 3.63) is 64.7 Å². The van der Waals surface area contributed by atoms with Crippen LogP contribution in [0.3, 0.4) is 0 Å². The number of fused-ring (bicyclic) bond motifs is 1. The molecule has 202 valence electrons. The van der Waals surface area contributed by atoms with Crippen LogP contribution in [-0.2, 0) is 23.0 Å². The van der Waals surface area contributed by atoms with Crippen molar-refractivity contribution >= 4 is 33.0 Å². The second-order valence-electron chi connectivity index (χ2n) is 8.80. The van der Waals surface area contributed by atoms with E-state index in [-0.39, 0.29) is 22.4 Å². The van der Waals surface area contributed by atoms with Gasteiger partial charge in [-0.3, -0.25) is 4.98 Å². The third-order valence-electron chi connectivity index (χ3n) is 6.22. The molecule has 3 aromatic heterocycles. The Labute approximate surface area is 227 Å². The number of hydrogen-bond donors (Lipinski definition) is 3. The van der Waals surface area contributed by atoms with Crippen molar-refractivity contribution < 1.29 is 18.3 Å². The maximum atomic E-state index is 13.2. The van der Waals surface area contributed by atoms with Crippen LogP contribution in [0.15, 0.2) is 47.5 Å². The van der Waals surface area contributed by atoms with Crippen LogP contribution in [0, 0.1) is 6.92 Å².